The summed E-state index contributed by atoms with van der Waals surface area (Å²) in [7, 11) is 0. The van der Waals surface area contributed by atoms with Crippen molar-refractivity contribution in [2.45, 2.75) is 64.7 Å². The molecular weight excluding hydrogens is 320 g/mol. The van der Waals surface area contributed by atoms with Gasteiger partial charge in [0.25, 0.3) is 0 Å². The molecular formula is C20H29ClN2O. The average Bonchev–Trinajstić information content (AvgIpc) is 2.93. The van der Waals surface area contributed by atoms with Gasteiger partial charge < -0.3 is 4.90 Å². The first-order chi connectivity index (χ1) is 11.2. The van der Waals surface area contributed by atoms with E-state index in [2.05, 4.69) is 11.8 Å². The first-order valence-electron chi connectivity index (χ1n) is 9.51. The van der Waals surface area contributed by atoms with Crippen LogP contribution >= 0.6 is 12.4 Å². The smallest absolute Gasteiger partial charge is 0.158 e. The standard InChI is InChI=1S/C20H28N2O.ClH/c1-2-3-10-22-11-8-20(9-12-22)14-15(23)13-18-19(20)16-6-4-5-7-17(16)21-18;/h13H,2-12,14H2,1H3;1H. The van der Waals surface area contributed by atoms with Gasteiger partial charge >= 0.3 is 0 Å². The Kier molecular flexibility index (Phi) is 5.31. The summed E-state index contributed by atoms with van der Waals surface area (Å²) in [5.74, 6) is 0.300. The number of hydrogen-bond donors (Lipinski definition) is 0. The number of ketones is 1. The quantitative estimate of drug-likeness (QED) is 0.753. The maximum absolute atomic E-state index is 12.4. The molecule has 0 bridgehead atoms. The van der Waals surface area contributed by atoms with E-state index in [1.54, 1.807) is 0 Å². The Labute approximate surface area is 151 Å². The predicted octanol–water partition coefficient (Wildman–Crippen LogP) is 4.47. The lowest BCUT2D eigenvalue weighted by atomic mass is 9.64. The van der Waals surface area contributed by atoms with Crippen molar-refractivity contribution in [2.24, 2.45) is 10.4 Å². The molecule has 2 heterocycles. The Bertz CT molecular complexity index is 609. The molecule has 0 aromatic carbocycles. The van der Waals surface area contributed by atoms with Crippen molar-refractivity contribution in [3.05, 3.63) is 22.9 Å². The van der Waals surface area contributed by atoms with Gasteiger partial charge in [0.1, 0.15) is 0 Å². The molecule has 0 radical (unpaired) electrons. The molecule has 1 saturated heterocycles. The van der Waals surface area contributed by atoms with Crippen LogP contribution in [0.25, 0.3) is 0 Å². The van der Waals surface area contributed by atoms with Crippen molar-refractivity contribution in [3.63, 3.8) is 0 Å². The van der Waals surface area contributed by atoms with Crippen LogP contribution in [0.5, 0.6) is 0 Å². The molecule has 2 aliphatic heterocycles. The summed E-state index contributed by atoms with van der Waals surface area (Å²) in [5, 5.41) is 0. The number of nitrogens with zero attached hydrogens (tertiary/aromatic N) is 2. The van der Waals surface area contributed by atoms with E-state index < -0.39 is 0 Å². The summed E-state index contributed by atoms with van der Waals surface area (Å²) < 4.78 is 0. The Morgan fingerprint density at radius 2 is 1.96 bits per heavy atom. The van der Waals surface area contributed by atoms with Gasteiger partial charge in [-0.15, -0.1) is 12.4 Å². The third-order valence-corrected chi connectivity index (χ3v) is 6.23. The molecule has 4 heteroatoms. The zero-order chi connectivity index (χ0) is 15.9. The molecule has 0 N–H and O–H groups in total. The van der Waals surface area contributed by atoms with E-state index in [-0.39, 0.29) is 17.8 Å². The lowest BCUT2D eigenvalue weighted by Crippen LogP contribution is -2.44. The molecule has 1 saturated carbocycles. The molecule has 0 aromatic heterocycles. The highest BCUT2D eigenvalue weighted by molar-refractivity contribution is 6.08. The predicted molar refractivity (Wildman–Crippen MR) is 101 cm³/mol. The minimum atomic E-state index is 0. The van der Waals surface area contributed by atoms with Crippen LogP contribution in [-0.2, 0) is 4.79 Å². The van der Waals surface area contributed by atoms with Crippen molar-refractivity contribution in [2.75, 3.05) is 19.6 Å². The van der Waals surface area contributed by atoms with Crippen LogP contribution in [-0.4, -0.2) is 36.0 Å². The van der Waals surface area contributed by atoms with Crippen molar-refractivity contribution < 1.29 is 4.79 Å². The highest BCUT2D eigenvalue weighted by Gasteiger charge is 2.46. The lowest BCUT2D eigenvalue weighted by Gasteiger charge is -2.45. The van der Waals surface area contributed by atoms with E-state index in [0.29, 0.717) is 5.78 Å². The molecule has 1 spiro atoms. The molecule has 132 valence electrons. The molecule has 4 rings (SSSR count). The number of fused-ring (bicyclic) bond motifs is 3. The molecule has 4 aliphatic rings. The van der Waals surface area contributed by atoms with Gasteiger partial charge in [0.15, 0.2) is 5.78 Å². The molecule has 24 heavy (non-hydrogen) atoms. The molecule has 0 atom stereocenters. The van der Waals surface area contributed by atoms with Gasteiger partial charge in [0, 0.05) is 23.6 Å². The Morgan fingerprint density at radius 1 is 1.21 bits per heavy atom. The van der Waals surface area contributed by atoms with E-state index in [1.165, 1.54) is 55.5 Å². The number of aliphatic imine (C=N–C) groups is 1. The Morgan fingerprint density at radius 3 is 2.71 bits per heavy atom. The van der Waals surface area contributed by atoms with Gasteiger partial charge in [-0.1, -0.05) is 13.3 Å². The number of likely N-dealkylation sites (tertiary alicyclic amines) is 1. The van der Waals surface area contributed by atoms with Crippen molar-refractivity contribution in [3.8, 4) is 0 Å². The zero-order valence-electron chi connectivity index (χ0n) is 14.8. The first kappa shape index (κ1) is 17.9. The van der Waals surface area contributed by atoms with E-state index in [0.717, 1.165) is 44.5 Å². The number of carbonyl (C=O) groups excluding carboxylic acids is 1. The number of halogens is 1. The molecule has 2 fully saturated rings. The van der Waals surface area contributed by atoms with Gasteiger partial charge in [-0.2, -0.15) is 0 Å². The normalized spacial score (nSPS) is 25.8. The summed E-state index contributed by atoms with van der Waals surface area (Å²) in [6.07, 6.45) is 12.2. The zero-order valence-corrected chi connectivity index (χ0v) is 15.6. The van der Waals surface area contributed by atoms with Crippen LogP contribution < -0.4 is 0 Å². The second-order valence-electron chi connectivity index (χ2n) is 7.77. The van der Waals surface area contributed by atoms with Crippen LogP contribution in [0, 0.1) is 5.41 Å². The van der Waals surface area contributed by atoms with Crippen molar-refractivity contribution in [1.29, 1.82) is 0 Å². The fourth-order valence-electron chi connectivity index (χ4n) is 4.97. The van der Waals surface area contributed by atoms with Crippen LogP contribution in [0.15, 0.2) is 27.9 Å². The van der Waals surface area contributed by atoms with E-state index in [1.807, 2.05) is 6.08 Å². The highest BCUT2D eigenvalue weighted by Crippen LogP contribution is 2.53. The third-order valence-electron chi connectivity index (χ3n) is 6.23. The van der Waals surface area contributed by atoms with Crippen molar-refractivity contribution >= 4 is 23.9 Å². The van der Waals surface area contributed by atoms with E-state index >= 15 is 0 Å². The maximum atomic E-state index is 12.4. The molecule has 0 aromatic rings. The van der Waals surface area contributed by atoms with Crippen molar-refractivity contribution in [1.82, 2.24) is 4.90 Å². The number of hydrogen-bond acceptors (Lipinski definition) is 3. The van der Waals surface area contributed by atoms with E-state index in [4.69, 9.17) is 4.99 Å². The Hall–Kier alpha value is -0.930. The fraction of sp³-hybridized carbons (Fsp3) is 0.700. The largest absolute Gasteiger partial charge is 0.303 e. The summed E-state index contributed by atoms with van der Waals surface area (Å²) in [5.41, 5.74) is 5.45. The summed E-state index contributed by atoms with van der Waals surface area (Å²) in [4.78, 5) is 19.8. The van der Waals surface area contributed by atoms with Gasteiger partial charge in [-0.05, 0) is 75.7 Å². The SMILES string of the molecule is CCCCN1CCC2(CC1)CC(=O)C=C1N=C3CCCCC3=C12.Cl. The monoisotopic (exact) mass is 348 g/mol. The highest BCUT2D eigenvalue weighted by atomic mass is 35.5. The van der Waals surface area contributed by atoms with Crippen LogP contribution in [0.4, 0.5) is 0 Å². The van der Waals surface area contributed by atoms with Gasteiger partial charge in [0.05, 0.1) is 5.70 Å². The second kappa shape index (κ2) is 7.13. The maximum Gasteiger partial charge on any atom is 0.158 e. The van der Waals surface area contributed by atoms with Gasteiger partial charge in [-0.25, -0.2) is 0 Å². The Balaban J connectivity index is 0.00000169. The number of piperidine rings is 1. The molecule has 0 amide bonds. The number of carbonyl (C=O) groups is 1. The number of allylic oxidation sites excluding steroid dienone is 3. The summed E-state index contributed by atoms with van der Waals surface area (Å²) in [6, 6.07) is 0. The molecule has 2 aliphatic carbocycles. The second-order valence-corrected chi connectivity index (χ2v) is 7.77. The molecule has 3 nitrogen and oxygen atoms in total. The topological polar surface area (TPSA) is 32.7 Å². The fourth-order valence-corrected chi connectivity index (χ4v) is 4.97. The summed E-state index contributed by atoms with van der Waals surface area (Å²) in [6.45, 7) is 5.77. The number of unbranched alkanes of at least 4 members (excludes halogenated alkanes) is 1. The third kappa shape index (κ3) is 3.01. The molecule has 0 unspecified atom stereocenters. The first-order valence-corrected chi connectivity index (χ1v) is 9.51. The van der Waals surface area contributed by atoms with Gasteiger partial charge in [-0.3, -0.25) is 9.79 Å². The summed E-state index contributed by atoms with van der Waals surface area (Å²) >= 11 is 0. The minimum absolute atomic E-state index is 0. The minimum Gasteiger partial charge on any atom is -0.303 e. The van der Waals surface area contributed by atoms with Crippen LogP contribution in [0.1, 0.15) is 64.7 Å². The average molecular weight is 349 g/mol. The van der Waals surface area contributed by atoms with E-state index in [9.17, 15) is 4.79 Å². The number of rotatable bonds is 3. The van der Waals surface area contributed by atoms with Gasteiger partial charge in [0.2, 0.25) is 0 Å². The lowest BCUT2D eigenvalue weighted by molar-refractivity contribution is -0.117. The van der Waals surface area contributed by atoms with Crippen LogP contribution in [0.2, 0.25) is 0 Å². The van der Waals surface area contributed by atoms with Crippen LogP contribution in [0.3, 0.4) is 0 Å².